The summed E-state index contributed by atoms with van der Waals surface area (Å²) in [6.45, 7) is 4.39. The van der Waals surface area contributed by atoms with Crippen molar-refractivity contribution < 1.29 is 14.3 Å². The number of carbonyl (C=O) groups excluding carboxylic acids is 2. The van der Waals surface area contributed by atoms with E-state index in [1.165, 1.54) is 12.7 Å². The number of rotatable bonds is 5. The molecule has 1 amide bonds. The van der Waals surface area contributed by atoms with E-state index in [4.69, 9.17) is 0 Å². The van der Waals surface area contributed by atoms with Crippen LogP contribution in [0, 0.1) is 0 Å². The summed E-state index contributed by atoms with van der Waals surface area (Å²) >= 11 is 3.15. The van der Waals surface area contributed by atoms with Crippen LogP contribution in [0.4, 0.5) is 0 Å². The van der Waals surface area contributed by atoms with E-state index in [1.807, 2.05) is 12.1 Å². The van der Waals surface area contributed by atoms with Crippen LogP contribution in [0.1, 0.15) is 35.7 Å². The first-order chi connectivity index (χ1) is 8.95. The summed E-state index contributed by atoms with van der Waals surface area (Å²) in [5, 5.41) is 2.68. The summed E-state index contributed by atoms with van der Waals surface area (Å²) in [5.74, 6) is -0.178. The van der Waals surface area contributed by atoms with Crippen molar-refractivity contribution in [3.8, 4) is 0 Å². The van der Waals surface area contributed by atoms with E-state index >= 15 is 0 Å². The van der Waals surface area contributed by atoms with Gasteiger partial charge in [0.1, 0.15) is 4.83 Å². The number of nitrogens with one attached hydrogen (secondary N) is 1. The lowest BCUT2D eigenvalue weighted by Gasteiger charge is -2.10. The maximum atomic E-state index is 11.9. The molecule has 0 saturated carbocycles. The lowest BCUT2D eigenvalue weighted by molar-refractivity contribution is -0.139. The van der Waals surface area contributed by atoms with Crippen molar-refractivity contribution in [3.63, 3.8) is 0 Å². The molecule has 0 aliphatic carbocycles. The van der Waals surface area contributed by atoms with Crippen LogP contribution in [-0.4, -0.2) is 30.4 Å². The number of hydrogen-bond donors (Lipinski definition) is 1. The molecular formula is C14H18BrNO3. The zero-order chi connectivity index (χ0) is 14.4. The first-order valence-corrected chi connectivity index (χ1v) is 6.97. The molecule has 1 N–H and O–H groups in total. The van der Waals surface area contributed by atoms with Crippen molar-refractivity contribution >= 4 is 27.8 Å². The highest BCUT2D eigenvalue weighted by atomic mass is 79.9. The highest BCUT2D eigenvalue weighted by molar-refractivity contribution is 9.10. The summed E-state index contributed by atoms with van der Waals surface area (Å²) in [5.41, 5.74) is 1.76. The zero-order valence-electron chi connectivity index (χ0n) is 11.3. The quantitative estimate of drug-likeness (QED) is 0.667. The number of benzene rings is 1. The average molecular weight is 328 g/mol. The van der Waals surface area contributed by atoms with E-state index in [2.05, 4.69) is 39.8 Å². The molecule has 4 nitrogen and oxygen atoms in total. The molecule has 1 aromatic carbocycles. The number of amides is 1. The summed E-state index contributed by atoms with van der Waals surface area (Å²) in [7, 11) is 1.31. The molecule has 0 heterocycles. The summed E-state index contributed by atoms with van der Waals surface area (Å²) in [6, 6.07) is 7.44. The van der Waals surface area contributed by atoms with Gasteiger partial charge < -0.3 is 10.1 Å². The average Bonchev–Trinajstić information content (AvgIpc) is 2.43. The Labute approximate surface area is 121 Å². The van der Waals surface area contributed by atoms with E-state index in [9.17, 15) is 9.59 Å². The molecule has 5 heteroatoms. The number of ether oxygens (including phenoxy) is 1. The Morgan fingerprint density at radius 2 is 1.84 bits per heavy atom. The second-order valence-electron chi connectivity index (χ2n) is 4.48. The Kier molecular flexibility index (Phi) is 6.02. The molecule has 1 rings (SSSR count). The zero-order valence-corrected chi connectivity index (χ0v) is 12.9. The van der Waals surface area contributed by atoms with Crippen LogP contribution in [0.3, 0.4) is 0 Å². The van der Waals surface area contributed by atoms with Crippen molar-refractivity contribution in [2.75, 3.05) is 13.7 Å². The van der Waals surface area contributed by atoms with Crippen LogP contribution in [0.15, 0.2) is 24.3 Å². The second kappa shape index (κ2) is 7.28. The van der Waals surface area contributed by atoms with E-state index in [-0.39, 0.29) is 12.5 Å². The van der Waals surface area contributed by atoms with Crippen LogP contribution in [-0.2, 0) is 9.53 Å². The number of hydrogen-bond acceptors (Lipinski definition) is 3. The molecule has 19 heavy (non-hydrogen) atoms. The highest BCUT2D eigenvalue weighted by Gasteiger charge is 2.16. The number of carbonyl (C=O) groups is 2. The molecule has 0 aliphatic rings. The van der Waals surface area contributed by atoms with Gasteiger partial charge in [0, 0.05) is 12.1 Å². The smallest absolute Gasteiger partial charge is 0.321 e. The van der Waals surface area contributed by atoms with Crippen molar-refractivity contribution in [1.29, 1.82) is 0 Å². The number of methoxy groups -OCH3 is 1. The lowest BCUT2D eigenvalue weighted by Crippen LogP contribution is -2.33. The molecule has 0 spiro atoms. The maximum Gasteiger partial charge on any atom is 0.321 e. The second-order valence-corrected chi connectivity index (χ2v) is 5.58. The van der Waals surface area contributed by atoms with E-state index in [0.717, 1.165) is 0 Å². The topological polar surface area (TPSA) is 55.4 Å². The number of halogens is 1. The third-order valence-corrected chi connectivity index (χ3v) is 3.44. The molecule has 0 saturated heterocycles. The lowest BCUT2D eigenvalue weighted by atomic mass is 10.0. The van der Waals surface area contributed by atoms with Crippen molar-refractivity contribution in [3.05, 3.63) is 35.4 Å². The van der Waals surface area contributed by atoms with Gasteiger partial charge in [-0.05, 0) is 23.6 Å². The Morgan fingerprint density at radius 1 is 1.26 bits per heavy atom. The van der Waals surface area contributed by atoms with Crippen LogP contribution in [0.2, 0.25) is 0 Å². The molecule has 1 aromatic rings. The van der Waals surface area contributed by atoms with E-state index in [0.29, 0.717) is 11.5 Å². The first kappa shape index (κ1) is 15.7. The summed E-state index contributed by atoms with van der Waals surface area (Å²) < 4.78 is 4.55. The summed E-state index contributed by atoms with van der Waals surface area (Å²) in [4.78, 5) is 22.5. The van der Waals surface area contributed by atoms with Crippen LogP contribution < -0.4 is 5.32 Å². The van der Waals surface area contributed by atoms with E-state index < -0.39 is 10.8 Å². The molecule has 1 atom stereocenters. The minimum atomic E-state index is -0.531. The van der Waals surface area contributed by atoms with Gasteiger partial charge in [-0.15, -0.1) is 0 Å². The fraction of sp³-hybridized carbons (Fsp3) is 0.429. The number of alkyl halides is 1. The van der Waals surface area contributed by atoms with Gasteiger partial charge in [-0.2, -0.15) is 0 Å². The molecule has 0 bridgehead atoms. The first-order valence-electron chi connectivity index (χ1n) is 6.05. The SMILES string of the molecule is COC(=O)C(Br)CNC(=O)c1ccc(C(C)C)cc1. The largest absolute Gasteiger partial charge is 0.468 e. The Balaban J connectivity index is 2.56. The monoisotopic (exact) mass is 327 g/mol. The van der Waals surface area contributed by atoms with Crippen LogP contribution in [0.5, 0.6) is 0 Å². The van der Waals surface area contributed by atoms with Crippen molar-refractivity contribution in [1.82, 2.24) is 5.32 Å². The predicted octanol–water partition coefficient (Wildman–Crippen LogP) is 2.48. The van der Waals surface area contributed by atoms with Gasteiger partial charge in [0.15, 0.2) is 0 Å². The van der Waals surface area contributed by atoms with Gasteiger partial charge in [0.2, 0.25) is 0 Å². The number of esters is 1. The van der Waals surface area contributed by atoms with Crippen molar-refractivity contribution in [2.45, 2.75) is 24.6 Å². The molecular weight excluding hydrogens is 310 g/mol. The maximum absolute atomic E-state index is 11.9. The minimum Gasteiger partial charge on any atom is -0.468 e. The molecule has 0 fully saturated rings. The van der Waals surface area contributed by atoms with Gasteiger partial charge >= 0.3 is 5.97 Å². The fourth-order valence-electron chi connectivity index (χ4n) is 1.51. The fourth-order valence-corrected chi connectivity index (χ4v) is 1.86. The van der Waals surface area contributed by atoms with Crippen LogP contribution in [0.25, 0.3) is 0 Å². The molecule has 104 valence electrons. The molecule has 0 radical (unpaired) electrons. The van der Waals surface area contributed by atoms with Gasteiger partial charge in [0.05, 0.1) is 7.11 Å². The van der Waals surface area contributed by atoms with E-state index in [1.54, 1.807) is 12.1 Å². The van der Waals surface area contributed by atoms with Gasteiger partial charge in [-0.25, -0.2) is 0 Å². The highest BCUT2D eigenvalue weighted by Crippen LogP contribution is 2.14. The Hall–Kier alpha value is -1.36. The molecule has 0 aromatic heterocycles. The van der Waals surface area contributed by atoms with Gasteiger partial charge in [0.25, 0.3) is 5.91 Å². The van der Waals surface area contributed by atoms with Gasteiger partial charge in [-0.1, -0.05) is 41.9 Å². The third kappa shape index (κ3) is 4.67. The Morgan fingerprint density at radius 3 is 2.32 bits per heavy atom. The normalized spacial score (nSPS) is 12.1. The molecule has 1 unspecified atom stereocenters. The van der Waals surface area contributed by atoms with Crippen LogP contribution >= 0.6 is 15.9 Å². The predicted molar refractivity (Wildman–Crippen MR) is 77.6 cm³/mol. The summed E-state index contributed by atoms with van der Waals surface area (Å²) in [6.07, 6.45) is 0. The third-order valence-electron chi connectivity index (χ3n) is 2.74. The van der Waals surface area contributed by atoms with Gasteiger partial charge in [-0.3, -0.25) is 9.59 Å². The Bertz CT molecular complexity index is 443. The minimum absolute atomic E-state index is 0.192. The standard InChI is InChI=1S/C14H18BrNO3/c1-9(2)10-4-6-11(7-5-10)13(17)16-8-12(15)14(18)19-3/h4-7,9,12H,8H2,1-3H3,(H,16,17). The molecule has 0 aliphatic heterocycles. The van der Waals surface area contributed by atoms with Crippen molar-refractivity contribution in [2.24, 2.45) is 0 Å².